The molecule has 2 rings (SSSR count). The maximum atomic E-state index is 10.8. The molecule has 0 unspecified atom stereocenters. The molecule has 0 aromatic heterocycles. The van der Waals surface area contributed by atoms with Gasteiger partial charge in [0.05, 0.1) is 0 Å². The van der Waals surface area contributed by atoms with Crippen LogP contribution < -0.4 is 0 Å². The summed E-state index contributed by atoms with van der Waals surface area (Å²) in [5, 5.41) is 0. The molecule has 0 amide bonds. The van der Waals surface area contributed by atoms with E-state index >= 15 is 0 Å². The Kier molecular flexibility index (Phi) is 1.13. The molecule has 46 valence electrons. The summed E-state index contributed by atoms with van der Waals surface area (Å²) in [4.78, 5) is 10.8. The summed E-state index contributed by atoms with van der Waals surface area (Å²) in [6.07, 6.45) is 7.38. The number of carbonyl (C=O) groups excluding carboxylic acids is 1. The highest BCUT2D eigenvalue weighted by atomic mass is 16.1. The zero-order valence-electron chi connectivity index (χ0n) is 4.22. The maximum Gasteiger partial charge on any atom is 0.193 e. The molecule has 0 saturated carbocycles. The lowest BCUT2D eigenvalue weighted by Crippen LogP contribution is -1.89. The SMILES string of the molecule is C.O=C1C2=CC=C1C=C2. The minimum atomic E-state index is 0. The van der Waals surface area contributed by atoms with Crippen LogP contribution >= 0.6 is 0 Å². The van der Waals surface area contributed by atoms with Crippen molar-refractivity contribution in [3.63, 3.8) is 0 Å². The fourth-order valence-corrected chi connectivity index (χ4v) is 0.940. The average Bonchev–Trinajstić information content (AvgIpc) is 2.29. The number of allylic oxidation sites excluding steroid dienone is 6. The fraction of sp³-hybridized carbons (Fsp3) is 0.125. The second-order valence-electron chi connectivity index (χ2n) is 1.91. The fourth-order valence-electron chi connectivity index (χ4n) is 0.940. The molecule has 1 nitrogen and oxygen atoms in total. The monoisotopic (exact) mass is 120 g/mol. The highest BCUT2D eigenvalue weighted by Crippen LogP contribution is 2.23. The first-order valence-electron chi connectivity index (χ1n) is 2.53. The van der Waals surface area contributed by atoms with Gasteiger partial charge in [-0.05, 0) is 0 Å². The van der Waals surface area contributed by atoms with E-state index in [9.17, 15) is 4.79 Å². The third kappa shape index (κ3) is 0.578. The predicted molar refractivity (Wildman–Crippen MR) is 37.0 cm³/mol. The van der Waals surface area contributed by atoms with Crippen molar-refractivity contribution in [3.05, 3.63) is 35.5 Å². The van der Waals surface area contributed by atoms with Gasteiger partial charge < -0.3 is 0 Å². The lowest BCUT2D eigenvalue weighted by atomic mass is 10.2. The number of ketones is 1. The zero-order valence-corrected chi connectivity index (χ0v) is 4.22. The molecule has 2 aliphatic carbocycles. The minimum Gasteiger partial charge on any atom is -0.289 e. The van der Waals surface area contributed by atoms with Crippen LogP contribution in [0.1, 0.15) is 7.43 Å². The Bertz CT molecular complexity index is 217. The van der Waals surface area contributed by atoms with Gasteiger partial charge in [-0.3, -0.25) is 4.79 Å². The molecule has 0 N–H and O–H groups in total. The Hall–Kier alpha value is -1.11. The van der Waals surface area contributed by atoms with Gasteiger partial charge in [-0.2, -0.15) is 0 Å². The molecule has 0 aromatic carbocycles. The number of Topliss-reactive ketones (excluding diaryl/α,β-unsaturated/α-hetero) is 1. The molecule has 0 aliphatic heterocycles. The van der Waals surface area contributed by atoms with Crippen LogP contribution in [-0.2, 0) is 4.79 Å². The van der Waals surface area contributed by atoms with Crippen LogP contribution in [0, 0.1) is 0 Å². The van der Waals surface area contributed by atoms with Crippen molar-refractivity contribution in [2.24, 2.45) is 0 Å². The summed E-state index contributed by atoms with van der Waals surface area (Å²) in [7, 11) is 0. The number of hydrogen-bond acceptors (Lipinski definition) is 1. The van der Waals surface area contributed by atoms with Crippen molar-refractivity contribution in [2.75, 3.05) is 0 Å². The third-order valence-electron chi connectivity index (χ3n) is 1.41. The highest BCUT2D eigenvalue weighted by Gasteiger charge is 2.19. The maximum absolute atomic E-state index is 10.8. The van der Waals surface area contributed by atoms with Crippen molar-refractivity contribution < 1.29 is 4.79 Å². The van der Waals surface area contributed by atoms with Gasteiger partial charge in [0.2, 0.25) is 0 Å². The van der Waals surface area contributed by atoms with E-state index in [1.54, 1.807) is 0 Å². The number of fused-ring (bicyclic) bond motifs is 2. The molecular formula is C8H8O. The normalized spacial score (nSPS) is 19.3. The van der Waals surface area contributed by atoms with Crippen LogP contribution in [0.4, 0.5) is 0 Å². The highest BCUT2D eigenvalue weighted by molar-refractivity contribution is 6.17. The summed E-state index contributed by atoms with van der Waals surface area (Å²) in [6.45, 7) is 0. The van der Waals surface area contributed by atoms with Crippen molar-refractivity contribution >= 4 is 5.78 Å². The summed E-state index contributed by atoms with van der Waals surface area (Å²) in [5.74, 6) is 0.185. The summed E-state index contributed by atoms with van der Waals surface area (Å²) < 4.78 is 0. The second kappa shape index (κ2) is 1.69. The van der Waals surface area contributed by atoms with E-state index in [1.165, 1.54) is 0 Å². The molecule has 0 spiro atoms. The molecule has 0 fully saturated rings. The largest absolute Gasteiger partial charge is 0.289 e. The van der Waals surface area contributed by atoms with Gasteiger partial charge in [-0.25, -0.2) is 0 Å². The molecule has 0 atom stereocenters. The Morgan fingerprint density at radius 1 is 1.00 bits per heavy atom. The standard InChI is InChI=1S/C7H4O.CH4/c8-7-5-1-2-6(7)4-3-5;/h1-4H;1H4. The van der Waals surface area contributed by atoms with Gasteiger partial charge in [0.15, 0.2) is 5.78 Å². The molecule has 9 heavy (non-hydrogen) atoms. The summed E-state index contributed by atoms with van der Waals surface area (Å²) in [6, 6.07) is 0. The van der Waals surface area contributed by atoms with Crippen molar-refractivity contribution in [3.8, 4) is 0 Å². The van der Waals surface area contributed by atoms with Gasteiger partial charge in [0.1, 0.15) is 0 Å². The molecule has 1 heteroatoms. The molecule has 2 bridgehead atoms. The van der Waals surface area contributed by atoms with E-state index in [-0.39, 0.29) is 13.2 Å². The summed E-state index contributed by atoms with van der Waals surface area (Å²) >= 11 is 0. The Labute approximate surface area is 54.4 Å². The van der Waals surface area contributed by atoms with Gasteiger partial charge in [0.25, 0.3) is 0 Å². The first kappa shape index (κ1) is 6.02. The Morgan fingerprint density at radius 2 is 1.44 bits per heavy atom. The van der Waals surface area contributed by atoms with E-state index in [4.69, 9.17) is 0 Å². The van der Waals surface area contributed by atoms with Crippen LogP contribution in [0.25, 0.3) is 0 Å². The van der Waals surface area contributed by atoms with Gasteiger partial charge in [-0.15, -0.1) is 0 Å². The van der Waals surface area contributed by atoms with E-state index in [1.807, 2.05) is 24.3 Å². The van der Waals surface area contributed by atoms with Crippen LogP contribution in [0.15, 0.2) is 35.5 Å². The molecular weight excluding hydrogens is 112 g/mol. The first-order chi connectivity index (χ1) is 3.88. The summed E-state index contributed by atoms with van der Waals surface area (Å²) in [5.41, 5.74) is 1.67. The zero-order chi connectivity index (χ0) is 5.56. The Morgan fingerprint density at radius 3 is 1.56 bits per heavy atom. The lowest BCUT2D eigenvalue weighted by Gasteiger charge is -1.78. The molecule has 0 heterocycles. The lowest BCUT2D eigenvalue weighted by molar-refractivity contribution is -0.111. The third-order valence-corrected chi connectivity index (χ3v) is 1.41. The van der Waals surface area contributed by atoms with E-state index < -0.39 is 0 Å². The van der Waals surface area contributed by atoms with Crippen LogP contribution in [0.3, 0.4) is 0 Å². The van der Waals surface area contributed by atoms with Crippen LogP contribution in [0.5, 0.6) is 0 Å². The minimum absolute atomic E-state index is 0. The molecule has 0 aromatic rings. The molecule has 0 radical (unpaired) electrons. The van der Waals surface area contributed by atoms with Crippen molar-refractivity contribution in [2.45, 2.75) is 7.43 Å². The average molecular weight is 120 g/mol. The van der Waals surface area contributed by atoms with E-state index in [0.717, 1.165) is 11.1 Å². The van der Waals surface area contributed by atoms with Gasteiger partial charge >= 0.3 is 0 Å². The Balaban J connectivity index is 0.000000405. The smallest absolute Gasteiger partial charge is 0.193 e. The number of carbonyl (C=O) groups is 1. The molecule has 0 saturated heterocycles. The van der Waals surface area contributed by atoms with Crippen molar-refractivity contribution in [1.29, 1.82) is 0 Å². The van der Waals surface area contributed by atoms with E-state index in [2.05, 4.69) is 0 Å². The van der Waals surface area contributed by atoms with Gasteiger partial charge in [0, 0.05) is 11.1 Å². The second-order valence-corrected chi connectivity index (χ2v) is 1.91. The topological polar surface area (TPSA) is 17.1 Å². The first-order valence-corrected chi connectivity index (χ1v) is 2.53. The van der Waals surface area contributed by atoms with E-state index in [0.29, 0.717) is 0 Å². The predicted octanol–water partition coefficient (Wildman–Crippen LogP) is 1.63. The number of hydrogen-bond donors (Lipinski definition) is 0. The quantitative estimate of drug-likeness (QED) is 0.474. The molecule has 2 aliphatic rings. The van der Waals surface area contributed by atoms with Crippen LogP contribution in [-0.4, -0.2) is 5.78 Å². The van der Waals surface area contributed by atoms with Crippen LogP contribution in [0.2, 0.25) is 0 Å². The van der Waals surface area contributed by atoms with Crippen molar-refractivity contribution in [1.82, 2.24) is 0 Å². The van der Waals surface area contributed by atoms with Gasteiger partial charge in [-0.1, -0.05) is 31.7 Å². The number of rotatable bonds is 0.